The van der Waals surface area contributed by atoms with E-state index in [9.17, 15) is 9.90 Å². The minimum absolute atomic E-state index is 0.0324. The number of hydrogen-bond acceptors (Lipinski definition) is 3. The summed E-state index contributed by atoms with van der Waals surface area (Å²) in [6.07, 6.45) is 2.47. The van der Waals surface area contributed by atoms with Gasteiger partial charge in [0, 0.05) is 18.1 Å². The van der Waals surface area contributed by atoms with Crippen molar-refractivity contribution in [3.05, 3.63) is 11.6 Å². The van der Waals surface area contributed by atoms with Gasteiger partial charge >= 0.3 is 0 Å². The Kier molecular flexibility index (Phi) is 1.82. The van der Waals surface area contributed by atoms with Crippen molar-refractivity contribution in [2.24, 2.45) is 5.92 Å². The first-order valence-corrected chi connectivity index (χ1v) is 4.60. The summed E-state index contributed by atoms with van der Waals surface area (Å²) in [6.45, 7) is 3.94. The summed E-state index contributed by atoms with van der Waals surface area (Å²) in [4.78, 5) is 11.7. The highest BCUT2D eigenvalue weighted by Crippen LogP contribution is 2.36. The van der Waals surface area contributed by atoms with Crippen LogP contribution >= 0.6 is 0 Å². The van der Waals surface area contributed by atoms with E-state index in [-0.39, 0.29) is 17.8 Å². The van der Waals surface area contributed by atoms with Crippen molar-refractivity contribution in [3.63, 3.8) is 0 Å². The molecule has 1 fully saturated rings. The molecule has 1 saturated heterocycles. The summed E-state index contributed by atoms with van der Waals surface area (Å²) in [5.74, 6) is 0.170. The molecule has 0 spiro atoms. The maximum absolute atomic E-state index is 11.7. The van der Waals surface area contributed by atoms with Crippen LogP contribution in [0.1, 0.15) is 20.3 Å². The Balaban J connectivity index is 2.28. The van der Waals surface area contributed by atoms with Crippen molar-refractivity contribution in [1.82, 2.24) is 0 Å². The smallest absolute Gasteiger partial charge is 0.190 e. The van der Waals surface area contributed by atoms with Crippen molar-refractivity contribution >= 4 is 5.78 Å². The third-order valence-electron chi connectivity index (χ3n) is 2.70. The minimum Gasteiger partial charge on any atom is -0.386 e. The van der Waals surface area contributed by atoms with Gasteiger partial charge in [-0.05, 0) is 20.3 Å². The van der Waals surface area contributed by atoms with E-state index in [4.69, 9.17) is 4.74 Å². The van der Waals surface area contributed by atoms with Crippen LogP contribution in [0, 0.1) is 5.92 Å². The molecule has 2 unspecified atom stereocenters. The molecule has 0 aromatic rings. The number of ketones is 1. The van der Waals surface area contributed by atoms with Crippen molar-refractivity contribution in [2.45, 2.75) is 32.0 Å². The highest BCUT2D eigenvalue weighted by molar-refractivity contribution is 6.03. The number of carbonyl (C=O) groups excluding carboxylic acids is 1. The Morgan fingerprint density at radius 1 is 1.62 bits per heavy atom. The molecule has 1 aliphatic carbocycles. The van der Waals surface area contributed by atoms with E-state index in [1.807, 2.05) is 6.08 Å². The topological polar surface area (TPSA) is 46.5 Å². The van der Waals surface area contributed by atoms with Crippen LogP contribution in [0.25, 0.3) is 0 Å². The van der Waals surface area contributed by atoms with Crippen molar-refractivity contribution in [1.29, 1.82) is 0 Å². The first kappa shape index (κ1) is 8.91. The Morgan fingerprint density at radius 2 is 2.31 bits per heavy atom. The molecule has 1 aliphatic heterocycles. The first-order valence-electron chi connectivity index (χ1n) is 4.60. The van der Waals surface area contributed by atoms with Crippen LogP contribution in [0.2, 0.25) is 0 Å². The third-order valence-corrected chi connectivity index (χ3v) is 2.70. The van der Waals surface area contributed by atoms with Gasteiger partial charge in [0.2, 0.25) is 0 Å². The number of ether oxygens (including phenoxy) is 1. The van der Waals surface area contributed by atoms with E-state index < -0.39 is 5.60 Å². The van der Waals surface area contributed by atoms with Gasteiger partial charge in [0.05, 0.1) is 5.60 Å². The summed E-state index contributed by atoms with van der Waals surface area (Å²) in [5.41, 5.74) is -0.507. The van der Waals surface area contributed by atoms with E-state index >= 15 is 0 Å². The van der Waals surface area contributed by atoms with Gasteiger partial charge in [0.1, 0.15) is 6.10 Å². The molecule has 2 aliphatic rings. The number of hydrogen-bond donors (Lipinski definition) is 1. The highest BCUT2D eigenvalue weighted by atomic mass is 16.5. The van der Waals surface area contributed by atoms with Crippen LogP contribution in [0.3, 0.4) is 0 Å². The van der Waals surface area contributed by atoms with E-state index in [0.29, 0.717) is 12.2 Å². The molecule has 1 heterocycles. The lowest BCUT2D eigenvalue weighted by Crippen LogP contribution is -2.30. The van der Waals surface area contributed by atoms with Crippen LogP contribution in [-0.2, 0) is 9.53 Å². The Hall–Kier alpha value is -0.670. The zero-order valence-corrected chi connectivity index (χ0v) is 7.91. The molecule has 2 rings (SSSR count). The monoisotopic (exact) mass is 182 g/mol. The quantitative estimate of drug-likeness (QED) is 0.648. The van der Waals surface area contributed by atoms with Gasteiger partial charge in [-0.1, -0.05) is 6.08 Å². The van der Waals surface area contributed by atoms with Crippen LogP contribution < -0.4 is 0 Å². The van der Waals surface area contributed by atoms with Gasteiger partial charge in [-0.15, -0.1) is 0 Å². The Bertz CT molecular complexity index is 272. The first-order chi connectivity index (χ1) is 6.00. The van der Waals surface area contributed by atoms with Gasteiger partial charge in [-0.2, -0.15) is 0 Å². The number of aliphatic hydroxyl groups is 1. The fraction of sp³-hybridized carbons (Fsp3) is 0.700. The summed E-state index contributed by atoms with van der Waals surface area (Å²) in [6, 6.07) is 0. The fourth-order valence-electron chi connectivity index (χ4n) is 2.00. The van der Waals surface area contributed by atoms with Crippen molar-refractivity contribution < 1.29 is 14.6 Å². The standard InChI is InChI=1S/C10H14O3/c1-10(2,12)7-5-6-3-4-13-9(6)8(7)11/h5-6,9,12H,3-4H2,1-2H3. The Labute approximate surface area is 77.4 Å². The molecule has 0 aromatic carbocycles. The summed E-state index contributed by atoms with van der Waals surface area (Å²) < 4.78 is 5.30. The summed E-state index contributed by atoms with van der Waals surface area (Å²) >= 11 is 0. The molecule has 0 amide bonds. The predicted octanol–water partition coefficient (Wildman–Crippen LogP) is 0.671. The number of fused-ring (bicyclic) bond motifs is 1. The van der Waals surface area contributed by atoms with Crippen molar-refractivity contribution in [2.75, 3.05) is 6.61 Å². The molecule has 2 atom stereocenters. The minimum atomic E-state index is -1.02. The summed E-state index contributed by atoms with van der Waals surface area (Å²) in [5, 5.41) is 9.70. The molecule has 72 valence electrons. The largest absolute Gasteiger partial charge is 0.386 e. The Morgan fingerprint density at radius 3 is 2.85 bits per heavy atom. The van der Waals surface area contributed by atoms with Gasteiger partial charge in [0.25, 0.3) is 0 Å². The third kappa shape index (κ3) is 1.32. The van der Waals surface area contributed by atoms with Gasteiger partial charge in [0.15, 0.2) is 5.78 Å². The average molecular weight is 182 g/mol. The van der Waals surface area contributed by atoms with Crippen LogP contribution in [-0.4, -0.2) is 29.2 Å². The number of rotatable bonds is 1. The van der Waals surface area contributed by atoms with Crippen LogP contribution in [0.5, 0.6) is 0 Å². The zero-order chi connectivity index (χ0) is 9.64. The van der Waals surface area contributed by atoms with E-state index in [0.717, 1.165) is 6.42 Å². The molecular formula is C10H14O3. The van der Waals surface area contributed by atoms with Crippen LogP contribution in [0.15, 0.2) is 11.6 Å². The molecule has 3 heteroatoms. The maximum atomic E-state index is 11.7. The summed E-state index contributed by atoms with van der Waals surface area (Å²) in [7, 11) is 0. The molecule has 0 radical (unpaired) electrons. The molecule has 13 heavy (non-hydrogen) atoms. The van der Waals surface area contributed by atoms with Gasteiger partial charge in [-0.3, -0.25) is 4.79 Å². The normalized spacial score (nSPS) is 33.5. The molecular weight excluding hydrogens is 168 g/mol. The lowest BCUT2D eigenvalue weighted by atomic mass is 9.96. The van der Waals surface area contributed by atoms with E-state index in [1.54, 1.807) is 13.8 Å². The van der Waals surface area contributed by atoms with Crippen LogP contribution in [0.4, 0.5) is 0 Å². The molecule has 1 N–H and O–H groups in total. The maximum Gasteiger partial charge on any atom is 0.190 e. The number of Topliss-reactive ketones (excluding diaryl/α,β-unsaturated/α-hetero) is 1. The second kappa shape index (κ2) is 2.66. The molecule has 0 bridgehead atoms. The van der Waals surface area contributed by atoms with Gasteiger partial charge in [-0.25, -0.2) is 0 Å². The fourth-order valence-corrected chi connectivity index (χ4v) is 2.00. The second-order valence-corrected chi connectivity index (χ2v) is 4.25. The average Bonchev–Trinajstić information content (AvgIpc) is 2.51. The molecule has 3 nitrogen and oxygen atoms in total. The van der Waals surface area contributed by atoms with Gasteiger partial charge < -0.3 is 9.84 Å². The number of carbonyl (C=O) groups is 1. The SMILES string of the molecule is CC(C)(O)C1=CC2CCOC2C1=O. The predicted molar refractivity (Wildman–Crippen MR) is 47.2 cm³/mol. The lowest BCUT2D eigenvalue weighted by Gasteiger charge is -2.18. The lowest BCUT2D eigenvalue weighted by molar-refractivity contribution is -0.125. The van der Waals surface area contributed by atoms with E-state index in [2.05, 4.69) is 0 Å². The molecule has 0 saturated carbocycles. The second-order valence-electron chi connectivity index (χ2n) is 4.25. The van der Waals surface area contributed by atoms with Crippen molar-refractivity contribution in [3.8, 4) is 0 Å². The van der Waals surface area contributed by atoms with E-state index in [1.165, 1.54) is 0 Å². The molecule has 0 aromatic heterocycles. The zero-order valence-electron chi connectivity index (χ0n) is 7.91. The highest BCUT2D eigenvalue weighted by Gasteiger charge is 2.44.